The number of aromatic nitrogens is 2. The first kappa shape index (κ1) is 9.85. The van der Waals surface area contributed by atoms with E-state index in [1.807, 2.05) is 17.8 Å². The summed E-state index contributed by atoms with van der Waals surface area (Å²) in [6.07, 6.45) is 0. The van der Waals surface area contributed by atoms with Gasteiger partial charge in [-0.05, 0) is 11.5 Å². The van der Waals surface area contributed by atoms with Gasteiger partial charge in [0.05, 0.1) is 11.2 Å². The highest BCUT2D eigenvalue weighted by atomic mass is 15.3. The first-order valence-corrected chi connectivity index (χ1v) is 5.70. The van der Waals surface area contributed by atoms with E-state index >= 15 is 0 Å². The van der Waals surface area contributed by atoms with Crippen LogP contribution in [0.25, 0.3) is 10.9 Å². The normalized spacial score (nSPS) is 27.2. The summed E-state index contributed by atoms with van der Waals surface area (Å²) in [5, 5.41) is 5.78. The van der Waals surface area contributed by atoms with Gasteiger partial charge in [0.25, 0.3) is 0 Å². The molecule has 1 aliphatic rings. The molecule has 1 aromatic carbocycles. The van der Waals surface area contributed by atoms with E-state index in [9.17, 15) is 0 Å². The Hall–Kier alpha value is -1.35. The molecule has 84 valence electrons. The third kappa shape index (κ3) is 1.09. The second-order valence-electron chi connectivity index (χ2n) is 5.35. The van der Waals surface area contributed by atoms with Crippen molar-refractivity contribution in [1.29, 1.82) is 0 Å². The fourth-order valence-corrected chi connectivity index (χ4v) is 2.74. The first-order chi connectivity index (χ1) is 7.53. The largest absolute Gasteiger partial charge is 0.327 e. The van der Waals surface area contributed by atoms with Crippen LogP contribution in [-0.4, -0.2) is 15.8 Å². The number of hydrogen-bond donors (Lipinski definition) is 1. The second-order valence-corrected chi connectivity index (χ2v) is 5.35. The van der Waals surface area contributed by atoms with Crippen molar-refractivity contribution in [3.8, 4) is 0 Å². The Morgan fingerprint density at radius 3 is 2.56 bits per heavy atom. The van der Waals surface area contributed by atoms with E-state index in [1.54, 1.807) is 0 Å². The quantitative estimate of drug-likeness (QED) is 0.791. The molecule has 0 bridgehead atoms. The summed E-state index contributed by atoms with van der Waals surface area (Å²) in [5.41, 5.74) is 8.71. The SMILES string of the molecule is Cn1nc2ccccc2c1C1C(N)C1(C)C. The fraction of sp³-hybridized carbons (Fsp3) is 0.462. The number of benzene rings is 1. The average Bonchev–Trinajstić information content (AvgIpc) is 2.58. The lowest BCUT2D eigenvalue weighted by atomic mass is 10.1. The molecule has 1 aromatic heterocycles. The molecule has 3 nitrogen and oxygen atoms in total. The number of fused-ring (bicyclic) bond motifs is 1. The maximum absolute atomic E-state index is 6.15. The molecule has 2 N–H and O–H groups in total. The highest BCUT2D eigenvalue weighted by molar-refractivity contribution is 5.82. The maximum atomic E-state index is 6.15. The Kier molecular flexibility index (Phi) is 1.76. The van der Waals surface area contributed by atoms with Crippen LogP contribution in [0.1, 0.15) is 25.5 Å². The van der Waals surface area contributed by atoms with Crippen LogP contribution in [0.2, 0.25) is 0 Å². The van der Waals surface area contributed by atoms with Gasteiger partial charge in [0, 0.05) is 24.4 Å². The van der Waals surface area contributed by atoms with Gasteiger partial charge in [-0.3, -0.25) is 4.68 Å². The van der Waals surface area contributed by atoms with Gasteiger partial charge in [0.15, 0.2) is 0 Å². The summed E-state index contributed by atoms with van der Waals surface area (Å²) >= 11 is 0. The lowest BCUT2D eigenvalue weighted by Crippen LogP contribution is -2.07. The van der Waals surface area contributed by atoms with Gasteiger partial charge >= 0.3 is 0 Å². The monoisotopic (exact) mass is 215 g/mol. The molecule has 16 heavy (non-hydrogen) atoms. The summed E-state index contributed by atoms with van der Waals surface area (Å²) in [6.45, 7) is 4.45. The van der Waals surface area contributed by atoms with E-state index in [0.717, 1.165) is 5.52 Å². The molecule has 0 saturated heterocycles. The molecule has 0 radical (unpaired) electrons. The molecule has 2 unspecified atom stereocenters. The van der Waals surface area contributed by atoms with Crippen LogP contribution in [0.5, 0.6) is 0 Å². The maximum Gasteiger partial charge on any atom is 0.0926 e. The first-order valence-electron chi connectivity index (χ1n) is 5.70. The summed E-state index contributed by atoms with van der Waals surface area (Å²) < 4.78 is 1.99. The Bertz CT molecular complexity index is 553. The van der Waals surface area contributed by atoms with Crippen molar-refractivity contribution in [3.05, 3.63) is 30.0 Å². The molecule has 1 fully saturated rings. The van der Waals surface area contributed by atoms with Crippen LogP contribution in [0.3, 0.4) is 0 Å². The Labute approximate surface area is 95.2 Å². The van der Waals surface area contributed by atoms with Crippen LogP contribution in [0.4, 0.5) is 0 Å². The van der Waals surface area contributed by atoms with Gasteiger partial charge in [-0.2, -0.15) is 5.10 Å². The predicted molar refractivity (Wildman–Crippen MR) is 65.2 cm³/mol. The summed E-state index contributed by atoms with van der Waals surface area (Å²) in [7, 11) is 2.01. The minimum Gasteiger partial charge on any atom is -0.327 e. The Balaban J connectivity index is 2.21. The topological polar surface area (TPSA) is 43.8 Å². The van der Waals surface area contributed by atoms with E-state index in [-0.39, 0.29) is 11.5 Å². The zero-order chi connectivity index (χ0) is 11.5. The van der Waals surface area contributed by atoms with E-state index in [1.165, 1.54) is 11.1 Å². The van der Waals surface area contributed by atoms with Crippen molar-refractivity contribution in [2.24, 2.45) is 18.2 Å². The van der Waals surface area contributed by atoms with E-state index < -0.39 is 0 Å². The molecular weight excluding hydrogens is 198 g/mol. The molecule has 2 aromatic rings. The number of nitrogens with two attached hydrogens (primary N) is 1. The lowest BCUT2D eigenvalue weighted by Gasteiger charge is -2.03. The highest BCUT2D eigenvalue weighted by Crippen LogP contribution is 2.58. The number of rotatable bonds is 1. The van der Waals surface area contributed by atoms with Gasteiger partial charge in [0.1, 0.15) is 0 Å². The van der Waals surface area contributed by atoms with Gasteiger partial charge in [-0.15, -0.1) is 0 Å². The van der Waals surface area contributed by atoms with Crippen LogP contribution in [0, 0.1) is 5.41 Å². The van der Waals surface area contributed by atoms with Crippen LogP contribution < -0.4 is 5.73 Å². The van der Waals surface area contributed by atoms with Gasteiger partial charge in [-0.1, -0.05) is 32.0 Å². The standard InChI is InChI=1S/C13H17N3/c1-13(2)10(12(13)14)11-8-6-4-5-7-9(8)15-16(11)3/h4-7,10,12H,14H2,1-3H3. The molecule has 1 saturated carbocycles. The Morgan fingerprint density at radius 2 is 1.94 bits per heavy atom. The van der Waals surface area contributed by atoms with Crippen LogP contribution >= 0.6 is 0 Å². The molecule has 1 aliphatic carbocycles. The van der Waals surface area contributed by atoms with Crippen molar-refractivity contribution in [2.45, 2.75) is 25.8 Å². The third-order valence-electron chi connectivity index (χ3n) is 3.99. The van der Waals surface area contributed by atoms with Crippen molar-refractivity contribution >= 4 is 10.9 Å². The molecule has 2 atom stereocenters. The summed E-state index contributed by atoms with van der Waals surface area (Å²) in [5.74, 6) is 0.435. The smallest absolute Gasteiger partial charge is 0.0926 e. The molecule has 3 heteroatoms. The fourth-order valence-electron chi connectivity index (χ4n) is 2.74. The minimum absolute atomic E-state index is 0.205. The van der Waals surface area contributed by atoms with Crippen LogP contribution in [-0.2, 0) is 7.05 Å². The zero-order valence-electron chi connectivity index (χ0n) is 9.94. The van der Waals surface area contributed by atoms with E-state index in [2.05, 4.69) is 37.1 Å². The molecule has 0 amide bonds. The average molecular weight is 215 g/mol. The lowest BCUT2D eigenvalue weighted by molar-refractivity contribution is 0.583. The number of hydrogen-bond acceptors (Lipinski definition) is 2. The molecule has 0 aliphatic heterocycles. The van der Waals surface area contributed by atoms with Gasteiger partial charge in [-0.25, -0.2) is 0 Å². The van der Waals surface area contributed by atoms with Crippen molar-refractivity contribution in [1.82, 2.24) is 9.78 Å². The Morgan fingerprint density at radius 1 is 1.31 bits per heavy atom. The van der Waals surface area contributed by atoms with E-state index in [0.29, 0.717) is 5.92 Å². The van der Waals surface area contributed by atoms with Crippen molar-refractivity contribution < 1.29 is 0 Å². The highest BCUT2D eigenvalue weighted by Gasteiger charge is 2.57. The zero-order valence-corrected chi connectivity index (χ0v) is 9.94. The predicted octanol–water partition coefficient (Wildman–Crippen LogP) is 2.02. The second kappa shape index (κ2) is 2.86. The van der Waals surface area contributed by atoms with Gasteiger partial charge in [0.2, 0.25) is 0 Å². The number of nitrogens with zero attached hydrogens (tertiary/aromatic N) is 2. The third-order valence-corrected chi connectivity index (χ3v) is 3.99. The van der Waals surface area contributed by atoms with Crippen molar-refractivity contribution in [3.63, 3.8) is 0 Å². The van der Waals surface area contributed by atoms with Gasteiger partial charge < -0.3 is 5.73 Å². The molecule has 3 rings (SSSR count). The van der Waals surface area contributed by atoms with Crippen molar-refractivity contribution in [2.75, 3.05) is 0 Å². The summed E-state index contributed by atoms with van der Waals surface area (Å²) in [6, 6.07) is 8.54. The van der Waals surface area contributed by atoms with Crippen LogP contribution in [0.15, 0.2) is 24.3 Å². The summed E-state index contributed by atoms with van der Waals surface area (Å²) in [4.78, 5) is 0. The molecular formula is C13H17N3. The molecule has 1 heterocycles. The molecule has 0 spiro atoms. The minimum atomic E-state index is 0.205. The van der Waals surface area contributed by atoms with E-state index in [4.69, 9.17) is 5.73 Å². The number of aryl methyl sites for hydroxylation is 1.